The fourth-order valence-corrected chi connectivity index (χ4v) is 9.52. The molecule has 0 saturated carbocycles. The quantitative estimate of drug-likeness (QED) is 0.169. The molecule has 2 aliphatic carbocycles. The molecular weight excluding hydrogens is 717 g/mol. The van der Waals surface area contributed by atoms with Gasteiger partial charge in [-0.2, -0.15) is 0 Å². The summed E-state index contributed by atoms with van der Waals surface area (Å²) in [5, 5.41) is 7.17. The minimum absolute atomic E-state index is 0.325. The zero-order valence-corrected chi connectivity index (χ0v) is 32.3. The number of nitrogens with zero attached hydrogens (tertiary/aromatic N) is 2. The van der Waals surface area contributed by atoms with Crippen LogP contribution < -0.4 is 4.90 Å². The normalized spacial score (nSPS) is 14.9. The van der Waals surface area contributed by atoms with Crippen molar-refractivity contribution in [1.82, 2.24) is 4.57 Å². The Kier molecular flexibility index (Phi) is 7.67. The van der Waals surface area contributed by atoms with E-state index in [1.165, 1.54) is 55.0 Å². The van der Waals surface area contributed by atoms with Crippen molar-refractivity contribution >= 4 is 65.9 Å². The SMILES string of the molecule is C1=CC2=C(N(c3ccc(-c4cccc(-n5c6ccccc6c6ccccc65)c4)cc3)c3ccccc3-c3cccc4c3oc3cc5ccccc5cc34)C=CCC2C=C1. The van der Waals surface area contributed by atoms with Crippen molar-refractivity contribution in [2.45, 2.75) is 6.42 Å². The van der Waals surface area contributed by atoms with Gasteiger partial charge in [0.1, 0.15) is 11.2 Å². The molecule has 0 spiro atoms. The zero-order chi connectivity index (χ0) is 38.9. The van der Waals surface area contributed by atoms with Gasteiger partial charge in [-0.25, -0.2) is 0 Å². The molecule has 3 heteroatoms. The predicted molar refractivity (Wildman–Crippen MR) is 248 cm³/mol. The van der Waals surface area contributed by atoms with Gasteiger partial charge in [0.25, 0.3) is 0 Å². The van der Waals surface area contributed by atoms with Crippen LogP contribution in [0.1, 0.15) is 6.42 Å². The molecule has 278 valence electrons. The molecule has 59 heavy (non-hydrogen) atoms. The largest absolute Gasteiger partial charge is 0.455 e. The molecule has 0 aliphatic heterocycles. The van der Waals surface area contributed by atoms with E-state index >= 15 is 0 Å². The van der Waals surface area contributed by atoms with E-state index < -0.39 is 0 Å². The van der Waals surface area contributed by atoms with Gasteiger partial charge >= 0.3 is 0 Å². The lowest BCUT2D eigenvalue weighted by Crippen LogP contribution is -2.22. The molecule has 2 aromatic heterocycles. The number of hydrogen-bond donors (Lipinski definition) is 0. The van der Waals surface area contributed by atoms with Crippen LogP contribution in [0.15, 0.2) is 228 Å². The Morgan fingerprint density at radius 1 is 0.525 bits per heavy atom. The molecular formula is C56H38N2O. The number of hydrogen-bond acceptors (Lipinski definition) is 2. The first-order valence-corrected chi connectivity index (χ1v) is 20.4. The zero-order valence-electron chi connectivity index (χ0n) is 32.3. The fraction of sp³-hybridized carbons (Fsp3) is 0.0357. The van der Waals surface area contributed by atoms with Crippen LogP contribution in [-0.2, 0) is 0 Å². The van der Waals surface area contributed by atoms with Crippen LogP contribution in [0.5, 0.6) is 0 Å². The van der Waals surface area contributed by atoms with E-state index in [2.05, 4.69) is 222 Å². The first-order chi connectivity index (χ1) is 29.3. The summed E-state index contributed by atoms with van der Waals surface area (Å²) in [5.74, 6) is 0.325. The summed E-state index contributed by atoms with van der Waals surface area (Å²) >= 11 is 0. The van der Waals surface area contributed by atoms with Crippen molar-refractivity contribution in [2.24, 2.45) is 5.92 Å². The van der Waals surface area contributed by atoms with Crippen molar-refractivity contribution in [3.63, 3.8) is 0 Å². The third-order valence-electron chi connectivity index (χ3n) is 12.3. The average Bonchev–Trinajstić information content (AvgIpc) is 3.84. The summed E-state index contributed by atoms with van der Waals surface area (Å²) in [7, 11) is 0. The Hall–Kier alpha value is -7.62. The van der Waals surface area contributed by atoms with Crippen LogP contribution >= 0.6 is 0 Å². The minimum Gasteiger partial charge on any atom is -0.455 e. The summed E-state index contributed by atoms with van der Waals surface area (Å²) in [6.07, 6.45) is 14.6. The summed E-state index contributed by atoms with van der Waals surface area (Å²) in [6.45, 7) is 0. The molecule has 1 atom stereocenters. The van der Waals surface area contributed by atoms with E-state index in [4.69, 9.17) is 4.42 Å². The van der Waals surface area contributed by atoms with Crippen LogP contribution in [0.3, 0.4) is 0 Å². The van der Waals surface area contributed by atoms with Gasteiger partial charge in [-0.05, 0) is 94.6 Å². The lowest BCUT2D eigenvalue weighted by Gasteiger charge is -2.34. The molecule has 0 fully saturated rings. The summed E-state index contributed by atoms with van der Waals surface area (Å²) in [6, 6.07) is 63.7. The first-order valence-electron chi connectivity index (χ1n) is 20.4. The van der Waals surface area contributed by atoms with Gasteiger partial charge in [0, 0.05) is 55.7 Å². The number of benzene rings is 8. The highest BCUT2D eigenvalue weighted by molar-refractivity contribution is 6.14. The molecule has 10 aromatic rings. The fourth-order valence-electron chi connectivity index (χ4n) is 9.52. The number of aromatic nitrogens is 1. The van der Waals surface area contributed by atoms with Gasteiger partial charge in [0.05, 0.1) is 16.7 Å². The van der Waals surface area contributed by atoms with E-state index in [1.54, 1.807) is 0 Å². The molecule has 8 aromatic carbocycles. The molecule has 2 heterocycles. The molecule has 1 unspecified atom stereocenters. The molecule has 0 bridgehead atoms. The van der Waals surface area contributed by atoms with Gasteiger partial charge in [0.2, 0.25) is 0 Å². The average molecular weight is 755 g/mol. The summed E-state index contributed by atoms with van der Waals surface area (Å²) in [5.41, 5.74) is 14.6. The maximum absolute atomic E-state index is 6.80. The van der Waals surface area contributed by atoms with Crippen LogP contribution in [-0.4, -0.2) is 4.57 Å². The Morgan fingerprint density at radius 3 is 2.05 bits per heavy atom. The van der Waals surface area contributed by atoms with Gasteiger partial charge in [-0.15, -0.1) is 0 Å². The van der Waals surface area contributed by atoms with E-state index in [-0.39, 0.29) is 0 Å². The first kappa shape index (κ1) is 33.5. The smallest absolute Gasteiger partial charge is 0.143 e. The molecule has 0 radical (unpaired) electrons. The maximum atomic E-state index is 6.80. The van der Waals surface area contributed by atoms with Gasteiger partial charge in [-0.1, -0.05) is 152 Å². The van der Waals surface area contributed by atoms with Crippen molar-refractivity contribution in [3.8, 4) is 27.9 Å². The summed E-state index contributed by atoms with van der Waals surface area (Å²) in [4.78, 5) is 2.45. The van der Waals surface area contributed by atoms with Crippen LogP contribution in [0.4, 0.5) is 11.4 Å². The molecule has 0 N–H and O–H groups in total. The number of furan rings is 1. The predicted octanol–water partition coefficient (Wildman–Crippen LogP) is 15.3. The highest BCUT2D eigenvalue weighted by atomic mass is 16.3. The number of rotatable bonds is 6. The molecule has 0 saturated heterocycles. The number of para-hydroxylation sites is 4. The number of anilines is 2. The maximum Gasteiger partial charge on any atom is 0.143 e. The van der Waals surface area contributed by atoms with Gasteiger partial charge in [0.15, 0.2) is 0 Å². The Balaban J connectivity index is 1.00. The Morgan fingerprint density at radius 2 is 1.22 bits per heavy atom. The van der Waals surface area contributed by atoms with Crippen LogP contribution in [0.2, 0.25) is 0 Å². The number of fused-ring (bicyclic) bond motifs is 8. The number of allylic oxidation sites excluding steroid dienone is 7. The second-order valence-corrected chi connectivity index (χ2v) is 15.6. The minimum atomic E-state index is 0.325. The molecule has 3 nitrogen and oxygen atoms in total. The highest BCUT2D eigenvalue weighted by Crippen LogP contribution is 2.46. The van der Waals surface area contributed by atoms with Gasteiger partial charge in [-0.3, -0.25) is 0 Å². The third kappa shape index (κ3) is 5.43. The van der Waals surface area contributed by atoms with Crippen molar-refractivity contribution in [1.29, 1.82) is 0 Å². The molecule has 2 aliphatic rings. The monoisotopic (exact) mass is 754 g/mol. The molecule has 0 amide bonds. The lowest BCUT2D eigenvalue weighted by atomic mass is 9.85. The van der Waals surface area contributed by atoms with E-state index in [1.807, 2.05) is 0 Å². The van der Waals surface area contributed by atoms with E-state index in [0.717, 1.165) is 56.5 Å². The Bertz CT molecular complexity index is 3370. The van der Waals surface area contributed by atoms with Crippen LogP contribution in [0.25, 0.3) is 82.5 Å². The standard InChI is InChI=1S/C56H38N2O/c1-2-16-41-36-55-50(35-40(41)15-1)49-25-13-24-48(56(49)59-55)47-23-7-10-28-54(47)57(51-29-12-17-38-14-3-4-20-44(38)51)42-32-30-37(31-33-42)39-18-11-19-43(34-39)58-52-26-8-5-21-45(52)46-22-6-9-27-53(46)58/h1-16,18-36,38H,17H2. The third-order valence-corrected chi connectivity index (χ3v) is 12.3. The topological polar surface area (TPSA) is 21.3 Å². The van der Waals surface area contributed by atoms with Crippen molar-refractivity contribution in [2.75, 3.05) is 4.90 Å². The van der Waals surface area contributed by atoms with E-state index in [9.17, 15) is 0 Å². The second-order valence-electron chi connectivity index (χ2n) is 15.6. The van der Waals surface area contributed by atoms with E-state index in [0.29, 0.717) is 5.92 Å². The van der Waals surface area contributed by atoms with Crippen LogP contribution in [0, 0.1) is 5.92 Å². The highest BCUT2D eigenvalue weighted by Gasteiger charge is 2.26. The molecule has 12 rings (SSSR count). The van der Waals surface area contributed by atoms with Gasteiger partial charge < -0.3 is 13.9 Å². The lowest BCUT2D eigenvalue weighted by molar-refractivity contribution is 0.670. The Labute approximate surface area is 342 Å². The van der Waals surface area contributed by atoms with Crippen molar-refractivity contribution < 1.29 is 4.42 Å². The van der Waals surface area contributed by atoms with Crippen molar-refractivity contribution in [3.05, 3.63) is 224 Å². The summed E-state index contributed by atoms with van der Waals surface area (Å²) < 4.78 is 9.19. The second kappa shape index (κ2) is 13.5.